The van der Waals surface area contributed by atoms with Crippen LogP contribution in [0.5, 0.6) is 0 Å². The third-order valence-electron chi connectivity index (χ3n) is 6.80. The summed E-state index contributed by atoms with van der Waals surface area (Å²) in [5, 5.41) is 3.88. The predicted molar refractivity (Wildman–Crippen MR) is 157 cm³/mol. The SMILES string of the molecule is Cc1c(N2CCCCC2)nc2ccc(Br)cc2c1C(=O)NCC(CC(=O)OC(C)(C)C)c1c(F)cccc1Cl. The van der Waals surface area contributed by atoms with E-state index in [9.17, 15) is 14.0 Å². The molecule has 1 saturated heterocycles. The maximum absolute atomic E-state index is 14.9. The largest absolute Gasteiger partial charge is 0.460 e. The Bertz CT molecular complexity index is 1370. The minimum atomic E-state index is -0.723. The summed E-state index contributed by atoms with van der Waals surface area (Å²) in [6.07, 6.45) is 3.20. The quantitative estimate of drug-likeness (QED) is 0.281. The molecule has 0 radical (unpaired) electrons. The number of nitrogens with zero attached hydrogens (tertiary/aromatic N) is 2. The number of fused-ring (bicyclic) bond motifs is 1. The van der Waals surface area contributed by atoms with E-state index < -0.39 is 23.3 Å². The molecule has 1 aliphatic rings. The molecule has 1 aliphatic heterocycles. The zero-order chi connectivity index (χ0) is 28.3. The minimum Gasteiger partial charge on any atom is -0.460 e. The fourth-order valence-corrected chi connectivity index (χ4v) is 5.77. The van der Waals surface area contributed by atoms with Gasteiger partial charge in [0.1, 0.15) is 17.2 Å². The van der Waals surface area contributed by atoms with Crippen molar-refractivity contribution in [2.75, 3.05) is 24.5 Å². The predicted octanol–water partition coefficient (Wildman–Crippen LogP) is 7.33. The number of amides is 1. The van der Waals surface area contributed by atoms with Crippen LogP contribution in [0.25, 0.3) is 10.9 Å². The first kappa shape index (κ1) is 29.3. The molecule has 1 atom stereocenters. The molecule has 2 heterocycles. The summed E-state index contributed by atoms with van der Waals surface area (Å²) in [4.78, 5) is 33.7. The third kappa shape index (κ3) is 7.09. The number of esters is 1. The molecule has 0 spiro atoms. The summed E-state index contributed by atoms with van der Waals surface area (Å²) < 4.78 is 21.3. The lowest BCUT2D eigenvalue weighted by atomic mass is 9.94. The number of ether oxygens (including phenoxy) is 1. The van der Waals surface area contributed by atoms with Gasteiger partial charge in [-0.05, 0) is 77.3 Å². The van der Waals surface area contributed by atoms with Crippen molar-refractivity contribution >= 4 is 56.1 Å². The molecule has 0 saturated carbocycles. The zero-order valence-electron chi connectivity index (χ0n) is 22.7. The maximum Gasteiger partial charge on any atom is 0.306 e. The number of carbonyl (C=O) groups excluding carboxylic acids is 2. The lowest BCUT2D eigenvalue weighted by Gasteiger charge is -2.30. The molecule has 9 heteroatoms. The van der Waals surface area contributed by atoms with Crippen molar-refractivity contribution in [3.8, 4) is 0 Å². The van der Waals surface area contributed by atoms with Gasteiger partial charge in [-0.1, -0.05) is 33.6 Å². The Kier molecular flexibility index (Phi) is 9.17. The summed E-state index contributed by atoms with van der Waals surface area (Å²) in [6, 6.07) is 10.1. The standard InChI is InChI=1S/C30H34BrClFN3O3/c1-18-26(21-16-20(31)11-12-24(21)35-28(18)36-13-6-5-7-14-36)29(38)34-17-19(15-25(37)39-30(2,3)4)27-22(32)9-8-10-23(27)33/h8-12,16,19H,5-7,13-15,17H2,1-4H3,(H,34,38). The Morgan fingerprint density at radius 2 is 1.90 bits per heavy atom. The van der Waals surface area contributed by atoms with Crippen molar-refractivity contribution in [2.24, 2.45) is 0 Å². The van der Waals surface area contributed by atoms with E-state index in [4.69, 9.17) is 21.3 Å². The van der Waals surface area contributed by atoms with E-state index in [2.05, 4.69) is 26.1 Å². The topological polar surface area (TPSA) is 71.5 Å². The molecule has 1 unspecified atom stereocenters. The molecule has 3 aromatic rings. The maximum atomic E-state index is 14.9. The highest BCUT2D eigenvalue weighted by molar-refractivity contribution is 9.10. The number of hydrogen-bond donors (Lipinski definition) is 1. The van der Waals surface area contributed by atoms with Crippen LogP contribution in [0.2, 0.25) is 5.02 Å². The van der Waals surface area contributed by atoms with Crippen molar-refractivity contribution in [3.63, 3.8) is 0 Å². The molecule has 4 rings (SSSR count). The Morgan fingerprint density at radius 1 is 1.18 bits per heavy atom. The lowest BCUT2D eigenvalue weighted by Crippen LogP contribution is -2.34. The van der Waals surface area contributed by atoms with Gasteiger partial charge >= 0.3 is 5.97 Å². The molecule has 0 bridgehead atoms. The Labute approximate surface area is 242 Å². The van der Waals surface area contributed by atoms with Crippen LogP contribution in [0.1, 0.15) is 73.9 Å². The van der Waals surface area contributed by atoms with Crippen LogP contribution in [-0.2, 0) is 9.53 Å². The van der Waals surface area contributed by atoms with Gasteiger partial charge in [0.05, 0.1) is 17.5 Å². The Balaban J connectivity index is 1.68. The molecular weight excluding hydrogens is 585 g/mol. The number of nitrogens with one attached hydrogen (secondary N) is 1. The van der Waals surface area contributed by atoms with Crippen LogP contribution in [-0.4, -0.2) is 42.1 Å². The molecule has 1 aromatic heterocycles. The first-order chi connectivity index (χ1) is 18.4. The van der Waals surface area contributed by atoms with Crippen LogP contribution in [0.4, 0.5) is 10.2 Å². The van der Waals surface area contributed by atoms with Crippen LogP contribution in [0.3, 0.4) is 0 Å². The number of benzene rings is 2. The first-order valence-corrected chi connectivity index (χ1v) is 14.4. The first-order valence-electron chi connectivity index (χ1n) is 13.2. The number of piperidine rings is 1. The fourth-order valence-electron chi connectivity index (χ4n) is 5.09. The zero-order valence-corrected chi connectivity index (χ0v) is 25.1. The van der Waals surface area contributed by atoms with E-state index in [1.54, 1.807) is 26.8 Å². The number of hydrogen-bond acceptors (Lipinski definition) is 5. The number of anilines is 1. The fraction of sp³-hybridized carbons (Fsp3) is 0.433. The number of rotatable bonds is 7. The van der Waals surface area contributed by atoms with Crippen molar-refractivity contribution in [1.29, 1.82) is 0 Å². The molecule has 1 N–H and O–H groups in total. The van der Waals surface area contributed by atoms with Gasteiger partial charge in [0.15, 0.2) is 0 Å². The summed E-state index contributed by atoms with van der Waals surface area (Å²) >= 11 is 9.89. The van der Waals surface area contributed by atoms with Crippen molar-refractivity contribution < 1.29 is 18.7 Å². The van der Waals surface area contributed by atoms with Gasteiger partial charge in [-0.2, -0.15) is 0 Å². The van der Waals surface area contributed by atoms with E-state index >= 15 is 0 Å². The van der Waals surface area contributed by atoms with Crippen molar-refractivity contribution in [1.82, 2.24) is 10.3 Å². The second kappa shape index (κ2) is 12.2. The van der Waals surface area contributed by atoms with Gasteiger partial charge in [-0.15, -0.1) is 0 Å². The van der Waals surface area contributed by atoms with Gasteiger partial charge in [0.25, 0.3) is 5.91 Å². The van der Waals surface area contributed by atoms with Gasteiger partial charge < -0.3 is 15.0 Å². The monoisotopic (exact) mass is 617 g/mol. The second-order valence-corrected chi connectivity index (χ2v) is 12.3. The van der Waals surface area contributed by atoms with E-state index in [0.29, 0.717) is 10.9 Å². The van der Waals surface area contributed by atoms with Crippen LogP contribution >= 0.6 is 27.5 Å². The highest BCUT2D eigenvalue weighted by atomic mass is 79.9. The van der Waals surface area contributed by atoms with E-state index in [1.807, 2.05) is 25.1 Å². The highest BCUT2D eigenvalue weighted by Gasteiger charge is 2.28. The van der Waals surface area contributed by atoms with Crippen molar-refractivity contribution in [3.05, 3.63) is 68.4 Å². The van der Waals surface area contributed by atoms with E-state index in [1.165, 1.54) is 18.6 Å². The number of carbonyl (C=O) groups is 2. The average molecular weight is 619 g/mol. The molecule has 6 nitrogen and oxygen atoms in total. The summed E-state index contributed by atoms with van der Waals surface area (Å²) in [6.45, 7) is 9.00. The van der Waals surface area contributed by atoms with E-state index in [0.717, 1.165) is 47.3 Å². The van der Waals surface area contributed by atoms with Gasteiger partial charge in [0, 0.05) is 51.6 Å². The summed E-state index contributed by atoms with van der Waals surface area (Å²) in [5.41, 5.74) is 1.50. The summed E-state index contributed by atoms with van der Waals surface area (Å²) in [5.74, 6) is -1.27. The third-order valence-corrected chi connectivity index (χ3v) is 7.62. The second-order valence-electron chi connectivity index (χ2n) is 11.0. The molecule has 1 fully saturated rings. The molecule has 2 aromatic carbocycles. The Morgan fingerprint density at radius 3 is 2.56 bits per heavy atom. The number of halogens is 3. The van der Waals surface area contributed by atoms with Crippen LogP contribution in [0, 0.1) is 12.7 Å². The smallest absolute Gasteiger partial charge is 0.306 e. The Hall–Kier alpha value is -2.71. The van der Waals surface area contributed by atoms with Gasteiger partial charge in [-0.3, -0.25) is 9.59 Å². The molecule has 1 amide bonds. The lowest BCUT2D eigenvalue weighted by molar-refractivity contribution is -0.155. The van der Waals surface area contributed by atoms with Gasteiger partial charge in [-0.25, -0.2) is 9.37 Å². The van der Waals surface area contributed by atoms with Gasteiger partial charge in [0.2, 0.25) is 0 Å². The molecular formula is C30H34BrClFN3O3. The minimum absolute atomic E-state index is 0.00492. The van der Waals surface area contributed by atoms with E-state index in [-0.39, 0.29) is 29.5 Å². The number of pyridine rings is 1. The van der Waals surface area contributed by atoms with Crippen molar-refractivity contribution in [2.45, 2.75) is 64.9 Å². The number of aromatic nitrogens is 1. The highest BCUT2D eigenvalue weighted by Crippen LogP contribution is 2.33. The molecule has 39 heavy (non-hydrogen) atoms. The molecule has 0 aliphatic carbocycles. The molecule has 208 valence electrons. The average Bonchev–Trinajstić information content (AvgIpc) is 2.86. The normalized spacial score (nSPS) is 14.8. The summed E-state index contributed by atoms with van der Waals surface area (Å²) in [7, 11) is 0. The van der Waals surface area contributed by atoms with Crippen LogP contribution < -0.4 is 10.2 Å². The van der Waals surface area contributed by atoms with Crippen LogP contribution in [0.15, 0.2) is 40.9 Å².